The minimum atomic E-state index is 0.125. The number of hydrogen-bond acceptors (Lipinski definition) is 4. The Bertz CT molecular complexity index is 528. The zero-order valence-electron chi connectivity index (χ0n) is 10.4. The average Bonchev–Trinajstić information content (AvgIpc) is 2.63. The van der Waals surface area contributed by atoms with E-state index in [9.17, 15) is 0 Å². The first kappa shape index (κ1) is 12.1. The Kier molecular flexibility index (Phi) is 2.95. The van der Waals surface area contributed by atoms with Crippen LogP contribution in [0.5, 0.6) is 0 Å². The van der Waals surface area contributed by atoms with Gasteiger partial charge in [0, 0.05) is 6.04 Å². The second kappa shape index (κ2) is 4.14. The van der Waals surface area contributed by atoms with E-state index >= 15 is 0 Å². The van der Waals surface area contributed by atoms with E-state index in [4.69, 9.17) is 11.6 Å². The Morgan fingerprint density at radius 2 is 2.06 bits per heavy atom. The number of hydrogen-bond donors (Lipinski definition) is 2. The summed E-state index contributed by atoms with van der Waals surface area (Å²) >= 11 is 5.87. The quantitative estimate of drug-likeness (QED) is 0.808. The highest BCUT2D eigenvalue weighted by Gasteiger charge is 2.21. The van der Waals surface area contributed by atoms with E-state index < -0.39 is 0 Å². The number of nitrogens with one attached hydrogen (secondary N) is 2. The van der Waals surface area contributed by atoms with Gasteiger partial charge in [0.1, 0.15) is 5.52 Å². The van der Waals surface area contributed by atoms with Gasteiger partial charge in [-0.05, 0) is 23.9 Å². The van der Waals surface area contributed by atoms with Crippen LogP contribution in [0, 0.1) is 5.41 Å². The Morgan fingerprint density at radius 3 is 2.71 bits per heavy atom. The molecule has 2 rings (SSSR count). The number of H-pyrrole nitrogens is 1. The fourth-order valence-corrected chi connectivity index (χ4v) is 1.50. The van der Waals surface area contributed by atoms with Crippen LogP contribution < -0.4 is 5.32 Å². The number of aromatic nitrogens is 4. The first-order valence-corrected chi connectivity index (χ1v) is 5.89. The van der Waals surface area contributed by atoms with Crippen molar-refractivity contribution in [1.82, 2.24) is 19.9 Å². The molecule has 2 heterocycles. The molecule has 0 spiro atoms. The molecule has 17 heavy (non-hydrogen) atoms. The smallest absolute Gasteiger partial charge is 0.226 e. The molecule has 2 N–H and O–H groups in total. The van der Waals surface area contributed by atoms with Crippen molar-refractivity contribution >= 4 is 28.6 Å². The lowest BCUT2D eigenvalue weighted by Crippen LogP contribution is -2.31. The summed E-state index contributed by atoms with van der Waals surface area (Å²) in [5.41, 5.74) is 1.49. The molecule has 0 saturated heterocycles. The van der Waals surface area contributed by atoms with Gasteiger partial charge in [-0.1, -0.05) is 20.8 Å². The highest BCUT2D eigenvalue weighted by atomic mass is 35.5. The minimum absolute atomic E-state index is 0.125. The van der Waals surface area contributed by atoms with Gasteiger partial charge in [0.05, 0.1) is 6.33 Å². The van der Waals surface area contributed by atoms with Gasteiger partial charge < -0.3 is 10.3 Å². The highest BCUT2D eigenvalue weighted by Crippen LogP contribution is 2.25. The van der Waals surface area contributed by atoms with Gasteiger partial charge in [0.25, 0.3) is 0 Å². The van der Waals surface area contributed by atoms with Crippen molar-refractivity contribution in [1.29, 1.82) is 0 Å². The van der Waals surface area contributed by atoms with E-state index in [1.165, 1.54) is 0 Å². The summed E-state index contributed by atoms with van der Waals surface area (Å²) < 4.78 is 0. The molecule has 0 aliphatic rings. The second-order valence-electron chi connectivity index (χ2n) is 5.17. The molecule has 6 heteroatoms. The number of fused-ring (bicyclic) bond motifs is 1. The van der Waals surface area contributed by atoms with Gasteiger partial charge in [-0.15, -0.1) is 0 Å². The topological polar surface area (TPSA) is 66.5 Å². The molecule has 0 unspecified atom stereocenters. The zero-order chi connectivity index (χ0) is 12.6. The third-order valence-corrected chi connectivity index (χ3v) is 3.07. The molecule has 2 aromatic rings. The maximum atomic E-state index is 5.87. The van der Waals surface area contributed by atoms with E-state index in [-0.39, 0.29) is 16.7 Å². The monoisotopic (exact) mass is 253 g/mol. The van der Waals surface area contributed by atoms with Crippen LogP contribution in [-0.2, 0) is 0 Å². The first-order valence-electron chi connectivity index (χ1n) is 5.51. The molecular formula is C11H16ClN5. The molecule has 2 aromatic heterocycles. The number of rotatable bonds is 2. The van der Waals surface area contributed by atoms with Gasteiger partial charge in [-0.25, -0.2) is 4.98 Å². The van der Waals surface area contributed by atoms with Crippen LogP contribution in [-0.4, -0.2) is 26.0 Å². The molecule has 0 aliphatic heterocycles. The summed E-state index contributed by atoms with van der Waals surface area (Å²) in [6, 6.07) is 0.244. The molecule has 1 atom stereocenters. The van der Waals surface area contributed by atoms with E-state index in [0.717, 1.165) is 0 Å². The van der Waals surface area contributed by atoms with Gasteiger partial charge in [0.2, 0.25) is 5.28 Å². The molecule has 0 saturated carbocycles. The van der Waals surface area contributed by atoms with Gasteiger partial charge in [-0.2, -0.15) is 9.97 Å². The van der Waals surface area contributed by atoms with Gasteiger partial charge in [0.15, 0.2) is 11.5 Å². The van der Waals surface area contributed by atoms with Crippen molar-refractivity contribution in [2.45, 2.75) is 33.7 Å². The van der Waals surface area contributed by atoms with E-state index in [1.54, 1.807) is 6.33 Å². The molecule has 92 valence electrons. The Balaban J connectivity index is 2.38. The normalized spacial score (nSPS) is 13.9. The summed E-state index contributed by atoms with van der Waals surface area (Å²) in [5.74, 6) is 0.670. The predicted octanol–water partition coefficient (Wildman–Crippen LogP) is 2.85. The Labute approximate surface area is 105 Å². The van der Waals surface area contributed by atoms with Gasteiger partial charge in [-0.3, -0.25) is 0 Å². The van der Waals surface area contributed by atoms with Crippen molar-refractivity contribution in [2.24, 2.45) is 5.41 Å². The maximum absolute atomic E-state index is 5.87. The summed E-state index contributed by atoms with van der Waals surface area (Å²) in [5, 5.41) is 3.55. The van der Waals surface area contributed by atoms with Crippen LogP contribution in [0.25, 0.3) is 11.2 Å². The first-order chi connectivity index (χ1) is 7.88. The molecule has 5 nitrogen and oxygen atoms in total. The van der Waals surface area contributed by atoms with Crippen LogP contribution in [0.2, 0.25) is 5.28 Å². The lowest BCUT2D eigenvalue weighted by molar-refractivity contribution is 0.359. The fraction of sp³-hybridized carbons (Fsp3) is 0.545. The highest BCUT2D eigenvalue weighted by molar-refractivity contribution is 6.28. The predicted molar refractivity (Wildman–Crippen MR) is 69.2 cm³/mol. The zero-order valence-corrected chi connectivity index (χ0v) is 11.1. The van der Waals surface area contributed by atoms with Crippen molar-refractivity contribution in [3.63, 3.8) is 0 Å². The van der Waals surface area contributed by atoms with Crippen LogP contribution in [0.1, 0.15) is 27.7 Å². The molecule has 0 amide bonds. The SMILES string of the molecule is C[C@@H](Nc1nc(Cl)nc2[nH]cnc12)C(C)(C)C. The largest absolute Gasteiger partial charge is 0.365 e. The van der Waals surface area contributed by atoms with Crippen molar-refractivity contribution in [3.8, 4) is 0 Å². The second-order valence-corrected chi connectivity index (χ2v) is 5.51. The molecule has 0 aliphatic carbocycles. The van der Waals surface area contributed by atoms with E-state index in [2.05, 4.69) is 52.9 Å². The average molecular weight is 254 g/mol. The number of anilines is 1. The molecule has 0 bridgehead atoms. The Morgan fingerprint density at radius 1 is 1.35 bits per heavy atom. The van der Waals surface area contributed by atoms with Crippen LogP contribution in [0.15, 0.2) is 6.33 Å². The number of nitrogens with zero attached hydrogens (tertiary/aromatic N) is 3. The summed E-state index contributed by atoms with van der Waals surface area (Å²) in [4.78, 5) is 15.4. The lowest BCUT2D eigenvalue weighted by Gasteiger charge is -2.28. The molecule has 0 fully saturated rings. The number of imidazole rings is 1. The molecular weight excluding hydrogens is 238 g/mol. The lowest BCUT2D eigenvalue weighted by atomic mass is 9.88. The van der Waals surface area contributed by atoms with Crippen LogP contribution in [0.4, 0.5) is 5.82 Å². The summed E-state index contributed by atoms with van der Waals surface area (Å²) in [7, 11) is 0. The Hall–Kier alpha value is -1.36. The van der Waals surface area contributed by atoms with Crippen LogP contribution in [0.3, 0.4) is 0 Å². The third kappa shape index (κ3) is 2.49. The van der Waals surface area contributed by atoms with E-state index in [0.29, 0.717) is 17.0 Å². The third-order valence-electron chi connectivity index (χ3n) is 2.90. The van der Waals surface area contributed by atoms with E-state index in [1.807, 2.05) is 0 Å². The van der Waals surface area contributed by atoms with Crippen LogP contribution >= 0.6 is 11.6 Å². The van der Waals surface area contributed by atoms with Crippen molar-refractivity contribution in [3.05, 3.63) is 11.6 Å². The number of aromatic amines is 1. The molecule has 0 aromatic carbocycles. The summed E-state index contributed by atoms with van der Waals surface area (Å²) in [6.07, 6.45) is 1.59. The van der Waals surface area contributed by atoms with Gasteiger partial charge >= 0.3 is 0 Å². The molecule has 0 radical (unpaired) electrons. The maximum Gasteiger partial charge on any atom is 0.226 e. The number of halogens is 1. The summed E-state index contributed by atoms with van der Waals surface area (Å²) in [6.45, 7) is 8.59. The fourth-order valence-electron chi connectivity index (χ4n) is 1.33. The van der Waals surface area contributed by atoms with Crippen molar-refractivity contribution in [2.75, 3.05) is 5.32 Å². The minimum Gasteiger partial charge on any atom is -0.365 e. The standard InChI is InChI=1S/C11H16ClN5/c1-6(11(2,3)4)15-9-7-8(14-5-13-7)16-10(12)17-9/h5-6H,1-4H3,(H2,13,14,15,16,17)/t6-/m1/s1. The van der Waals surface area contributed by atoms with Crippen molar-refractivity contribution < 1.29 is 0 Å².